The second kappa shape index (κ2) is 10.7. The molecule has 0 fully saturated rings. The fourth-order valence-corrected chi connectivity index (χ4v) is 3.21. The van der Waals surface area contributed by atoms with Crippen molar-refractivity contribution in [1.29, 1.82) is 0 Å². The summed E-state index contributed by atoms with van der Waals surface area (Å²) >= 11 is 1.00. The minimum atomic E-state index is -0.692. The van der Waals surface area contributed by atoms with Crippen molar-refractivity contribution in [2.24, 2.45) is 0 Å². The number of carbonyl (C=O) groups excluding carboxylic acids is 2. The van der Waals surface area contributed by atoms with Crippen LogP contribution in [-0.2, 0) is 9.59 Å². The van der Waals surface area contributed by atoms with Crippen LogP contribution in [0.4, 0.5) is 14.5 Å². The van der Waals surface area contributed by atoms with Crippen molar-refractivity contribution >= 4 is 29.3 Å². The van der Waals surface area contributed by atoms with Crippen LogP contribution in [0.3, 0.4) is 0 Å². The van der Waals surface area contributed by atoms with E-state index >= 15 is 0 Å². The highest BCUT2D eigenvalue weighted by atomic mass is 32.2. The van der Waals surface area contributed by atoms with Gasteiger partial charge in [-0.2, -0.15) is 0 Å². The Morgan fingerprint density at radius 2 is 1.88 bits per heavy atom. The summed E-state index contributed by atoms with van der Waals surface area (Å²) in [4.78, 5) is 25.6. The maximum Gasteiger partial charge on any atom is 0.277 e. The van der Waals surface area contributed by atoms with Gasteiger partial charge >= 0.3 is 0 Å². The van der Waals surface area contributed by atoms with Gasteiger partial charge in [0.05, 0.1) is 12.3 Å². The maximum atomic E-state index is 13.7. The summed E-state index contributed by atoms with van der Waals surface area (Å²) in [6, 6.07) is 11.3. The van der Waals surface area contributed by atoms with E-state index in [1.54, 1.807) is 19.1 Å². The van der Waals surface area contributed by atoms with Gasteiger partial charge in [-0.1, -0.05) is 23.9 Å². The lowest BCUT2D eigenvalue weighted by Gasteiger charge is -2.16. The van der Waals surface area contributed by atoms with Crippen LogP contribution in [0.1, 0.15) is 18.9 Å². The standard InChI is InChI=1S/C21H20F2N4O4S/c1-13(30-17-6-4-3-5-16(17)23)20-25-26-21(31-20)32-12-19(29)27(2)11-18(28)24-15-9-7-14(22)8-10-15/h3-10,13H,11-12H2,1-2H3,(H,24,28). The van der Waals surface area contributed by atoms with Crippen LogP contribution in [0, 0.1) is 11.6 Å². The molecular weight excluding hydrogens is 442 g/mol. The van der Waals surface area contributed by atoms with Crippen LogP contribution in [-0.4, -0.2) is 46.3 Å². The van der Waals surface area contributed by atoms with E-state index in [0.717, 1.165) is 11.8 Å². The summed E-state index contributed by atoms with van der Waals surface area (Å²) in [6.07, 6.45) is -0.692. The second-order valence-electron chi connectivity index (χ2n) is 6.69. The smallest absolute Gasteiger partial charge is 0.277 e. The summed E-state index contributed by atoms with van der Waals surface area (Å²) in [5.41, 5.74) is 0.428. The van der Waals surface area contributed by atoms with Gasteiger partial charge < -0.3 is 19.4 Å². The molecule has 0 radical (unpaired) electrons. The zero-order valence-corrected chi connectivity index (χ0v) is 18.1. The molecule has 1 N–H and O–H groups in total. The number of nitrogens with zero attached hydrogens (tertiary/aromatic N) is 3. The molecule has 3 rings (SSSR count). The number of aromatic nitrogens is 2. The van der Waals surface area contributed by atoms with E-state index in [4.69, 9.17) is 9.15 Å². The Labute approximate surface area is 187 Å². The number of halogens is 2. The molecule has 0 saturated heterocycles. The van der Waals surface area contributed by atoms with Crippen LogP contribution < -0.4 is 10.1 Å². The summed E-state index contributed by atoms with van der Waals surface area (Å²) in [6.45, 7) is 1.45. The SMILES string of the molecule is CC(Oc1ccccc1F)c1nnc(SCC(=O)N(C)CC(=O)Nc2ccc(F)cc2)o1. The molecule has 1 unspecified atom stereocenters. The molecule has 0 saturated carbocycles. The number of hydrogen-bond acceptors (Lipinski definition) is 7. The Hall–Kier alpha value is -3.47. The average Bonchev–Trinajstić information content (AvgIpc) is 3.24. The molecule has 0 aliphatic rings. The van der Waals surface area contributed by atoms with E-state index in [1.165, 1.54) is 48.3 Å². The lowest BCUT2D eigenvalue weighted by atomic mass is 10.3. The molecule has 11 heteroatoms. The normalized spacial score (nSPS) is 11.6. The van der Waals surface area contributed by atoms with Crippen molar-refractivity contribution in [3.05, 3.63) is 66.1 Å². The Morgan fingerprint density at radius 1 is 1.16 bits per heavy atom. The first-order valence-electron chi connectivity index (χ1n) is 9.48. The minimum Gasteiger partial charge on any atom is -0.478 e. The molecule has 0 spiro atoms. The summed E-state index contributed by atoms with van der Waals surface area (Å²) < 4.78 is 37.6. The summed E-state index contributed by atoms with van der Waals surface area (Å²) in [5.74, 6) is -1.52. The number of thioether (sulfide) groups is 1. The Kier molecular flexibility index (Phi) is 7.77. The molecule has 0 aliphatic carbocycles. The molecule has 2 aromatic carbocycles. The number of ether oxygens (including phenoxy) is 1. The largest absolute Gasteiger partial charge is 0.478 e. The predicted molar refractivity (Wildman–Crippen MR) is 113 cm³/mol. The van der Waals surface area contributed by atoms with E-state index in [2.05, 4.69) is 15.5 Å². The molecule has 32 heavy (non-hydrogen) atoms. The van der Waals surface area contributed by atoms with Gasteiger partial charge in [-0.3, -0.25) is 9.59 Å². The van der Waals surface area contributed by atoms with Crippen molar-refractivity contribution in [2.45, 2.75) is 18.3 Å². The van der Waals surface area contributed by atoms with Gasteiger partial charge in [0.2, 0.25) is 11.8 Å². The van der Waals surface area contributed by atoms with Crippen LogP contribution in [0.2, 0.25) is 0 Å². The highest BCUT2D eigenvalue weighted by Gasteiger charge is 2.19. The first-order valence-corrected chi connectivity index (χ1v) is 10.5. The first-order chi connectivity index (χ1) is 15.3. The van der Waals surface area contributed by atoms with Crippen LogP contribution in [0.15, 0.2) is 58.2 Å². The number of anilines is 1. The quantitative estimate of drug-likeness (QED) is 0.485. The van der Waals surface area contributed by atoms with Gasteiger partial charge in [0.15, 0.2) is 17.7 Å². The predicted octanol–water partition coefficient (Wildman–Crippen LogP) is 3.68. The second-order valence-corrected chi connectivity index (χ2v) is 7.62. The molecule has 0 aliphatic heterocycles. The molecule has 0 bridgehead atoms. The molecule has 8 nitrogen and oxygen atoms in total. The topological polar surface area (TPSA) is 97.6 Å². The number of benzene rings is 2. The van der Waals surface area contributed by atoms with Gasteiger partial charge in [-0.05, 0) is 43.3 Å². The maximum absolute atomic E-state index is 13.7. The van der Waals surface area contributed by atoms with Crippen molar-refractivity contribution in [3.63, 3.8) is 0 Å². The van der Waals surface area contributed by atoms with Crippen molar-refractivity contribution in [1.82, 2.24) is 15.1 Å². The number of nitrogens with one attached hydrogen (secondary N) is 1. The first kappa shape index (κ1) is 23.2. The number of para-hydroxylation sites is 1. The van der Waals surface area contributed by atoms with E-state index < -0.39 is 23.6 Å². The number of likely N-dealkylation sites (N-methyl/N-ethyl adjacent to an activating group) is 1. The van der Waals surface area contributed by atoms with Gasteiger partial charge in [0.25, 0.3) is 11.1 Å². The summed E-state index contributed by atoms with van der Waals surface area (Å²) in [7, 11) is 1.48. The molecule has 2 amide bonds. The van der Waals surface area contributed by atoms with Crippen molar-refractivity contribution in [2.75, 3.05) is 24.7 Å². The lowest BCUT2D eigenvalue weighted by molar-refractivity contribution is -0.131. The molecule has 168 valence electrons. The zero-order valence-electron chi connectivity index (χ0n) is 17.2. The fraction of sp³-hybridized carbons (Fsp3) is 0.238. The van der Waals surface area contributed by atoms with Gasteiger partial charge in [0, 0.05) is 12.7 Å². The monoisotopic (exact) mass is 462 g/mol. The van der Waals surface area contributed by atoms with E-state index in [1.807, 2.05) is 0 Å². The average molecular weight is 462 g/mol. The molecule has 1 aromatic heterocycles. The van der Waals surface area contributed by atoms with Crippen LogP contribution in [0.25, 0.3) is 0 Å². The summed E-state index contributed by atoms with van der Waals surface area (Å²) in [5, 5.41) is 10.4. The van der Waals surface area contributed by atoms with Crippen molar-refractivity contribution in [3.8, 4) is 5.75 Å². The molecule has 3 aromatic rings. The van der Waals surface area contributed by atoms with Crippen LogP contribution in [0.5, 0.6) is 5.75 Å². The fourth-order valence-electron chi connectivity index (χ4n) is 2.50. The molecular formula is C21H20F2N4O4S. The van der Waals surface area contributed by atoms with Crippen LogP contribution >= 0.6 is 11.8 Å². The Morgan fingerprint density at radius 3 is 2.59 bits per heavy atom. The Bertz CT molecular complexity index is 1080. The number of carbonyl (C=O) groups is 2. The van der Waals surface area contributed by atoms with Gasteiger partial charge in [-0.25, -0.2) is 8.78 Å². The highest BCUT2D eigenvalue weighted by Crippen LogP contribution is 2.25. The molecule has 1 atom stereocenters. The molecule has 1 heterocycles. The zero-order chi connectivity index (χ0) is 23.1. The number of hydrogen-bond donors (Lipinski definition) is 1. The number of rotatable bonds is 9. The third-order valence-electron chi connectivity index (χ3n) is 4.16. The minimum absolute atomic E-state index is 0.0372. The van der Waals surface area contributed by atoms with E-state index in [9.17, 15) is 18.4 Å². The lowest BCUT2D eigenvalue weighted by Crippen LogP contribution is -2.35. The van der Waals surface area contributed by atoms with E-state index in [0.29, 0.717) is 5.69 Å². The third-order valence-corrected chi connectivity index (χ3v) is 4.97. The van der Waals surface area contributed by atoms with E-state index in [-0.39, 0.29) is 35.1 Å². The number of amides is 2. The Balaban J connectivity index is 1.46. The van der Waals surface area contributed by atoms with Crippen molar-refractivity contribution < 1.29 is 27.5 Å². The van der Waals surface area contributed by atoms with Gasteiger partial charge in [0.1, 0.15) is 5.82 Å². The highest BCUT2D eigenvalue weighted by molar-refractivity contribution is 7.99. The van der Waals surface area contributed by atoms with Gasteiger partial charge in [-0.15, -0.1) is 10.2 Å². The third kappa shape index (κ3) is 6.51.